The van der Waals surface area contributed by atoms with Crippen molar-refractivity contribution in [3.63, 3.8) is 0 Å². The average molecular weight is 912 g/mol. The van der Waals surface area contributed by atoms with E-state index < -0.39 is 10.0 Å². The van der Waals surface area contributed by atoms with E-state index in [-0.39, 0.29) is 0 Å². The highest BCUT2D eigenvalue weighted by Gasteiger charge is 2.36. The summed E-state index contributed by atoms with van der Waals surface area (Å²) >= 11 is 0. The van der Waals surface area contributed by atoms with Gasteiger partial charge < -0.3 is 13.7 Å². The van der Waals surface area contributed by atoms with Gasteiger partial charge in [-0.3, -0.25) is 0 Å². The maximum absolute atomic E-state index is 2.52. The molecule has 0 spiro atoms. The van der Waals surface area contributed by atoms with Crippen LogP contribution in [0.4, 0.5) is 0 Å². The zero-order valence-electron chi connectivity index (χ0n) is 38.2. The molecule has 0 bridgehead atoms. The first-order valence-electron chi connectivity index (χ1n) is 24.0. The van der Waals surface area contributed by atoms with Crippen molar-refractivity contribution >= 4 is 75.4 Å². The number of rotatable bonds is 8. The predicted octanol–water partition coefficient (Wildman–Crippen LogP) is 18.0. The van der Waals surface area contributed by atoms with E-state index in [4.69, 9.17) is 0 Å². The zero-order chi connectivity index (χ0) is 46.2. The van der Waals surface area contributed by atoms with Gasteiger partial charge in [0, 0.05) is 69.0 Å². The van der Waals surface area contributed by atoms with Crippen molar-refractivity contribution in [1.29, 1.82) is 0 Å². The topological polar surface area (TPSA) is 14.8 Å². The lowest BCUT2D eigenvalue weighted by atomic mass is 10.1. The van der Waals surface area contributed by atoms with Gasteiger partial charge in [-0.25, -0.2) is 0 Å². The predicted molar refractivity (Wildman–Crippen MR) is 295 cm³/mol. The van der Waals surface area contributed by atoms with E-state index in [9.17, 15) is 0 Å². The minimum Gasteiger partial charge on any atom is -0.309 e. The third-order valence-electron chi connectivity index (χ3n) is 14.3. The van der Waals surface area contributed by atoms with Gasteiger partial charge in [-0.15, -0.1) is 10.0 Å². The number of hydrogen-bond donors (Lipinski definition) is 0. The molecular weight excluding hydrogens is 867 g/mol. The minimum atomic E-state index is -2.16. The molecule has 11 aromatic carbocycles. The molecule has 70 heavy (non-hydrogen) atoms. The van der Waals surface area contributed by atoms with E-state index >= 15 is 0 Å². The van der Waals surface area contributed by atoms with Gasteiger partial charge in [0.2, 0.25) is 0 Å². The fraction of sp³-hybridized carbons (Fsp3) is 0. The number of fused-ring (bicyclic) bond motifs is 9. The number of para-hydroxylation sites is 4. The molecule has 3 nitrogen and oxygen atoms in total. The summed E-state index contributed by atoms with van der Waals surface area (Å²) in [7, 11) is -2.16. The Bertz CT molecular complexity index is 4220. The van der Waals surface area contributed by atoms with Gasteiger partial charge in [0.1, 0.15) is 0 Å². The van der Waals surface area contributed by atoms with Gasteiger partial charge in [0.05, 0.1) is 33.1 Å². The fourth-order valence-corrected chi connectivity index (χ4v) is 15.4. The maximum Gasteiger partial charge on any atom is 0.0561 e. The lowest BCUT2D eigenvalue weighted by Crippen LogP contribution is -2.06. The number of benzene rings is 11. The van der Waals surface area contributed by atoms with Crippen LogP contribution in [0.25, 0.3) is 93.6 Å². The summed E-state index contributed by atoms with van der Waals surface area (Å²) < 4.78 is 7.36. The summed E-state index contributed by atoms with van der Waals surface area (Å²) in [4.78, 5) is 5.20. The molecular formula is C66H45N3S. The van der Waals surface area contributed by atoms with Crippen LogP contribution >= 0.6 is 10.0 Å². The molecule has 0 radical (unpaired) electrons. The molecule has 0 amide bonds. The van der Waals surface area contributed by atoms with Crippen molar-refractivity contribution in [3.05, 3.63) is 273 Å². The molecule has 0 unspecified atom stereocenters. The number of nitrogens with zero attached hydrogens (tertiary/aromatic N) is 3. The Hall–Kier alpha value is -8.83. The van der Waals surface area contributed by atoms with Crippen molar-refractivity contribution in [1.82, 2.24) is 13.7 Å². The molecule has 4 heteroatoms. The molecule has 0 aliphatic heterocycles. The van der Waals surface area contributed by atoms with Crippen molar-refractivity contribution in [3.8, 4) is 28.2 Å². The molecule has 3 aromatic heterocycles. The minimum absolute atomic E-state index is 1.12. The Balaban J connectivity index is 1.05. The first-order valence-corrected chi connectivity index (χ1v) is 25.6. The molecule has 0 saturated carbocycles. The monoisotopic (exact) mass is 911 g/mol. The van der Waals surface area contributed by atoms with E-state index in [1.165, 1.54) is 96.1 Å². The second-order valence-electron chi connectivity index (χ2n) is 18.1. The average Bonchev–Trinajstić information content (AvgIpc) is 4.08. The second kappa shape index (κ2) is 16.2. The van der Waals surface area contributed by atoms with E-state index in [1.54, 1.807) is 0 Å². The number of aromatic nitrogens is 3. The molecule has 0 atom stereocenters. The third kappa shape index (κ3) is 6.03. The van der Waals surface area contributed by atoms with E-state index in [1.807, 2.05) is 0 Å². The molecule has 0 saturated heterocycles. The quantitative estimate of drug-likeness (QED) is 0.144. The molecule has 14 aromatic rings. The Morgan fingerprint density at radius 3 is 1.33 bits per heavy atom. The summed E-state index contributed by atoms with van der Waals surface area (Å²) in [6, 6.07) is 101. The van der Waals surface area contributed by atoms with E-state index in [0.29, 0.717) is 0 Å². The fourth-order valence-electron chi connectivity index (χ4n) is 11.4. The summed E-state index contributed by atoms with van der Waals surface area (Å²) in [6.07, 6.45) is 0. The molecule has 3 heterocycles. The smallest absolute Gasteiger partial charge is 0.0561 e. The molecule has 0 aliphatic rings. The van der Waals surface area contributed by atoms with Gasteiger partial charge in [0.25, 0.3) is 0 Å². The second-order valence-corrected chi connectivity index (χ2v) is 21.2. The van der Waals surface area contributed by atoms with Crippen LogP contribution in [0.1, 0.15) is 0 Å². The van der Waals surface area contributed by atoms with Crippen molar-refractivity contribution < 1.29 is 0 Å². The highest BCUT2D eigenvalue weighted by molar-refractivity contribution is 8.34. The molecule has 0 aliphatic carbocycles. The van der Waals surface area contributed by atoms with E-state index in [0.717, 1.165) is 17.1 Å². The Morgan fingerprint density at radius 1 is 0.229 bits per heavy atom. The standard InChI is InChI=1S/C66H45N3S/c1-5-20-46(21-6-1)47-36-38-49(39-37-47)68-59-31-16-13-28-54(59)56-42-40-50(44-64(56)68)69-61-33-18-15-30-57(61)66-63(69)34-19-35-65(66)70(51-24-9-3-10-25-51,52-26-11-4-12-27-52)53-41-43-62-58(45-53)55-29-14-17-32-60(55)67(62)48-22-7-2-8-23-48/h1-45H. The molecule has 330 valence electrons. The van der Waals surface area contributed by atoms with Gasteiger partial charge >= 0.3 is 0 Å². The highest BCUT2D eigenvalue weighted by Crippen LogP contribution is 2.75. The third-order valence-corrected chi connectivity index (χ3v) is 18.3. The van der Waals surface area contributed by atoms with Gasteiger partial charge in [-0.2, -0.15) is 0 Å². The summed E-state index contributed by atoms with van der Waals surface area (Å²) in [5, 5.41) is 7.46. The first kappa shape index (κ1) is 40.3. The zero-order valence-corrected chi connectivity index (χ0v) is 39.0. The Labute approximate surface area is 407 Å². The van der Waals surface area contributed by atoms with Crippen molar-refractivity contribution in [2.24, 2.45) is 0 Å². The first-order chi connectivity index (χ1) is 34.8. The Morgan fingerprint density at radius 2 is 0.671 bits per heavy atom. The molecule has 0 N–H and O–H groups in total. The SMILES string of the molecule is c1ccc(-c2ccc(-n3c4ccccc4c4ccc(-n5c6ccccc6c6c(S(c7ccccc7)(c7ccccc7)c7ccc8c(c7)c7ccccc7n8-c7ccccc7)cccc65)cc43)cc2)cc1. The van der Waals surface area contributed by atoms with Gasteiger partial charge in [-0.1, -0.05) is 164 Å². The van der Waals surface area contributed by atoms with Crippen molar-refractivity contribution in [2.75, 3.05) is 0 Å². The van der Waals surface area contributed by atoms with Crippen LogP contribution in [0.5, 0.6) is 0 Å². The Kier molecular flexibility index (Phi) is 9.29. The summed E-state index contributed by atoms with van der Waals surface area (Å²) in [6.45, 7) is 0. The number of hydrogen-bond acceptors (Lipinski definition) is 0. The summed E-state index contributed by atoms with van der Waals surface area (Å²) in [5.41, 5.74) is 12.9. The van der Waals surface area contributed by atoms with Crippen LogP contribution in [-0.2, 0) is 0 Å². The largest absolute Gasteiger partial charge is 0.309 e. The van der Waals surface area contributed by atoms with Crippen molar-refractivity contribution in [2.45, 2.75) is 19.6 Å². The maximum atomic E-state index is 2.52. The van der Waals surface area contributed by atoms with Crippen LogP contribution in [-0.4, -0.2) is 13.7 Å². The van der Waals surface area contributed by atoms with E-state index in [2.05, 4.69) is 287 Å². The summed E-state index contributed by atoms with van der Waals surface area (Å²) in [5.74, 6) is 0. The lowest BCUT2D eigenvalue weighted by molar-refractivity contribution is 1.15. The molecule has 0 fully saturated rings. The van der Waals surface area contributed by atoms with Crippen LogP contribution in [0, 0.1) is 0 Å². The van der Waals surface area contributed by atoms with Crippen LogP contribution in [0.2, 0.25) is 0 Å². The highest BCUT2D eigenvalue weighted by atomic mass is 32.3. The lowest BCUT2D eigenvalue weighted by Gasteiger charge is -2.42. The van der Waals surface area contributed by atoms with Crippen LogP contribution < -0.4 is 0 Å². The van der Waals surface area contributed by atoms with Gasteiger partial charge in [0.15, 0.2) is 0 Å². The normalized spacial score (nSPS) is 12.2. The van der Waals surface area contributed by atoms with Crippen LogP contribution in [0.15, 0.2) is 293 Å². The van der Waals surface area contributed by atoms with Gasteiger partial charge in [-0.05, 0) is 120 Å². The molecule has 14 rings (SSSR count). The van der Waals surface area contributed by atoms with Crippen LogP contribution in [0.3, 0.4) is 0 Å².